The van der Waals surface area contributed by atoms with E-state index in [0.29, 0.717) is 12.2 Å². The molecule has 30 heavy (non-hydrogen) atoms. The number of amides is 4. The summed E-state index contributed by atoms with van der Waals surface area (Å²) in [5.74, 6) is 0.462. The van der Waals surface area contributed by atoms with Crippen LogP contribution in [0.5, 0.6) is 5.75 Å². The third kappa shape index (κ3) is 4.57. The van der Waals surface area contributed by atoms with Gasteiger partial charge >= 0.3 is 6.03 Å². The fraction of sp³-hybridized carbons (Fsp3) is 0.238. The maximum Gasteiger partial charge on any atom is 0.322 e. The molecule has 2 aliphatic rings. The lowest BCUT2D eigenvalue weighted by molar-refractivity contribution is -0.119. The molecular weight excluding hydrogens is 386 g/mol. The molecule has 0 aliphatic carbocycles. The molecule has 4 rings (SSSR count). The van der Waals surface area contributed by atoms with E-state index >= 15 is 0 Å². The highest BCUT2D eigenvalue weighted by Gasteiger charge is 2.27. The number of carbonyl (C=O) groups is 3. The molecule has 3 N–H and O–H groups in total. The highest BCUT2D eigenvalue weighted by atomic mass is 16.5. The van der Waals surface area contributed by atoms with E-state index in [0.717, 1.165) is 22.6 Å². The van der Waals surface area contributed by atoms with E-state index in [1.165, 1.54) is 0 Å². The Bertz CT molecular complexity index is 1000. The van der Waals surface area contributed by atoms with Gasteiger partial charge in [-0.2, -0.15) is 0 Å². The second-order valence-electron chi connectivity index (χ2n) is 6.67. The van der Waals surface area contributed by atoms with Crippen LogP contribution in [0.3, 0.4) is 0 Å². The number of rotatable bonds is 4. The summed E-state index contributed by atoms with van der Waals surface area (Å²) in [6.45, 7) is 0.707. The van der Waals surface area contributed by atoms with E-state index < -0.39 is 12.1 Å². The van der Waals surface area contributed by atoms with Crippen molar-refractivity contribution in [3.05, 3.63) is 59.4 Å². The van der Waals surface area contributed by atoms with Gasteiger partial charge in [-0.05, 0) is 35.9 Å². The van der Waals surface area contributed by atoms with Gasteiger partial charge in [0.15, 0.2) is 0 Å². The Kier molecular flexibility index (Phi) is 6.31. The molecule has 0 bridgehead atoms. The van der Waals surface area contributed by atoms with Crippen molar-refractivity contribution < 1.29 is 19.1 Å². The van der Waals surface area contributed by atoms with Crippen LogP contribution in [0.1, 0.15) is 21.6 Å². The van der Waals surface area contributed by atoms with Crippen LogP contribution in [-0.4, -0.2) is 55.0 Å². The van der Waals surface area contributed by atoms with Gasteiger partial charge in [0, 0.05) is 32.4 Å². The first-order valence-corrected chi connectivity index (χ1v) is 9.27. The van der Waals surface area contributed by atoms with Gasteiger partial charge in [0.25, 0.3) is 11.8 Å². The average Bonchev–Trinajstić information content (AvgIpc) is 3.23. The molecule has 1 aromatic carbocycles. The number of carbonyl (C=O) groups excluding carboxylic acids is 3. The van der Waals surface area contributed by atoms with Gasteiger partial charge in [-0.3, -0.25) is 19.9 Å². The average molecular weight is 409 g/mol. The van der Waals surface area contributed by atoms with Gasteiger partial charge in [0.1, 0.15) is 11.8 Å². The molecule has 4 amide bonds. The van der Waals surface area contributed by atoms with Crippen LogP contribution in [0, 0.1) is 0 Å². The Morgan fingerprint density at radius 1 is 1.27 bits per heavy atom. The van der Waals surface area contributed by atoms with Gasteiger partial charge in [-0.25, -0.2) is 4.79 Å². The number of nitrogens with zero attached hydrogens (tertiary/aromatic N) is 2. The van der Waals surface area contributed by atoms with Crippen LogP contribution in [0.15, 0.2) is 42.6 Å². The number of aromatic nitrogens is 1. The first-order chi connectivity index (χ1) is 14.4. The van der Waals surface area contributed by atoms with Crippen molar-refractivity contribution in [3.63, 3.8) is 0 Å². The minimum Gasteiger partial charge on any atom is -0.497 e. The number of pyridine rings is 1. The van der Waals surface area contributed by atoms with Crippen molar-refractivity contribution in [1.29, 1.82) is 0 Å². The smallest absolute Gasteiger partial charge is 0.322 e. The van der Waals surface area contributed by atoms with Crippen LogP contribution in [-0.2, 0) is 11.3 Å². The maximum absolute atomic E-state index is 11.5. The van der Waals surface area contributed by atoms with E-state index in [2.05, 4.69) is 20.9 Å². The van der Waals surface area contributed by atoms with Gasteiger partial charge in [-0.1, -0.05) is 12.1 Å². The van der Waals surface area contributed by atoms with Crippen molar-refractivity contribution in [2.24, 2.45) is 0 Å². The predicted molar refractivity (Wildman–Crippen MR) is 112 cm³/mol. The fourth-order valence-electron chi connectivity index (χ4n) is 3.07. The predicted octanol–water partition coefficient (Wildman–Crippen LogP) is 1.63. The highest BCUT2D eigenvalue weighted by Crippen LogP contribution is 2.25. The third-order valence-electron chi connectivity index (χ3n) is 4.66. The number of methoxy groups -OCH3 is 1. The maximum atomic E-state index is 11.5. The first-order valence-electron chi connectivity index (χ1n) is 9.27. The van der Waals surface area contributed by atoms with E-state index in [9.17, 15) is 14.4 Å². The van der Waals surface area contributed by atoms with E-state index in [1.54, 1.807) is 50.5 Å². The van der Waals surface area contributed by atoms with Crippen LogP contribution < -0.4 is 20.7 Å². The van der Waals surface area contributed by atoms with Crippen LogP contribution >= 0.6 is 0 Å². The molecule has 9 heteroatoms. The summed E-state index contributed by atoms with van der Waals surface area (Å²) in [6.07, 6.45) is 4.96. The summed E-state index contributed by atoms with van der Waals surface area (Å²) in [5.41, 5.74) is 3.41. The molecule has 2 aromatic rings. The second-order valence-corrected chi connectivity index (χ2v) is 6.67. The van der Waals surface area contributed by atoms with E-state index in [-0.39, 0.29) is 11.8 Å². The lowest BCUT2D eigenvalue weighted by Gasteiger charge is -2.04. The SMILES string of the molecule is CNc1cccnc1/C=C/C1NC(=O)NC1=O.COc1ccc2c(c1)C(=O)N(C)C2. The minimum absolute atomic E-state index is 0.0777. The number of anilines is 1. The number of imide groups is 1. The Morgan fingerprint density at radius 2 is 2.07 bits per heavy atom. The number of fused-ring (bicyclic) bond motifs is 1. The van der Waals surface area contributed by atoms with Crippen molar-refractivity contribution in [2.75, 3.05) is 26.5 Å². The molecule has 1 fully saturated rings. The second kappa shape index (κ2) is 9.08. The van der Waals surface area contributed by atoms with Crippen molar-refractivity contribution >= 4 is 29.6 Å². The first kappa shape index (κ1) is 20.8. The molecule has 1 atom stereocenters. The molecule has 2 aliphatic heterocycles. The van der Waals surface area contributed by atoms with Gasteiger partial charge in [0.2, 0.25) is 0 Å². The summed E-state index contributed by atoms with van der Waals surface area (Å²) in [6, 6.07) is 8.20. The lowest BCUT2D eigenvalue weighted by Crippen LogP contribution is -2.26. The number of benzene rings is 1. The number of ether oxygens (including phenoxy) is 1. The number of urea groups is 1. The third-order valence-corrected chi connectivity index (χ3v) is 4.66. The van der Waals surface area contributed by atoms with Crippen LogP contribution in [0.25, 0.3) is 6.08 Å². The molecule has 0 saturated carbocycles. The zero-order valence-corrected chi connectivity index (χ0v) is 16.9. The van der Waals surface area contributed by atoms with Gasteiger partial charge < -0.3 is 20.3 Å². The zero-order chi connectivity index (χ0) is 21.7. The number of nitrogens with one attached hydrogen (secondary N) is 3. The quantitative estimate of drug-likeness (QED) is 0.662. The van der Waals surface area contributed by atoms with Crippen LogP contribution in [0.2, 0.25) is 0 Å². The molecule has 3 heterocycles. The molecule has 1 unspecified atom stereocenters. The van der Waals surface area contributed by atoms with Crippen molar-refractivity contribution in [3.8, 4) is 5.75 Å². The molecule has 0 spiro atoms. The summed E-state index contributed by atoms with van der Waals surface area (Å²) in [5, 5.41) is 7.62. The molecule has 1 saturated heterocycles. The van der Waals surface area contributed by atoms with E-state index in [4.69, 9.17) is 4.74 Å². The number of hydrogen-bond donors (Lipinski definition) is 3. The normalized spacial score (nSPS) is 17.2. The lowest BCUT2D eigenvalue weighted by atomic mass is 10.1. The standard InChI is InChI=1S/C11H12N4O2.C10H11NO2/c1-12-7-3-2-6-13-8(7)4-5-9-10(16)15-11(17)14-9;1-11-6-7-3-4-8(13-2)5-9(7)10(11)12/h2-6,9,12H,1H3,(H2,14,15,16,17);3-5H,6H2,1-2H3/b5-4+;. The molecular formula is C21H23N5O4. The van der Waals surface area contributed by atoms with Crippen LogP contribution in [0.4, 0.5) is 10.5 Å². The minimum atomic E-state index is -0.630. The molecule has 0 radical (unpaired) electrons. The number of hydrogen-bond acceptors (Lipinski definition) is 6. The molecule has 156 valence electrons. The summed E-state index contributed by atoms with van der Waals surface area (Å²) in [7, 11) is 5.19. The molecule has 1 aromatic heterocycles. The van der Waals surface area contributed by atoms with Gasteiger partial charge in [-0.15, -0.1) is 0 Å². The Labute approximate surface area is 174 Å². The summed E-state index contributed by atoms with van der Waals surface area (Å²) >= 11 is 0. The Hall–Kier alpha value is -3.88. The fourth-order valence-corrected chi connectivity index (χ4v) is 3.07. The molecule has 9 nitrogen and oxygen atoms in total. The largest absolute Gasteiger partial charge is 0.497 e. The Balaban J connectivity index is 0.000000177. The van der Waals surface area contributed by atoms with Gasteiger partial charge in [0.05, 0.1) is 18.5 Å². The monoisotopic (exact) mass is 409 g/mol. The van der Waals surface area contributed by atoms with E-state index in [1.807, 2.05) is 24.3 Å². The Morgan fingerprint density at radius 3 is 2.73 bits per heavy atom. The van der Waals surface area contributed by atoms with Crippen molar-refractivity contribution in [2.45, 2.75) is 12.6 Å². The summed E-state index contributed by atoms with van der Waals surface area (Å²) in [4.78, 5) is 39.6. The topological polar surface area (TPSA) is 113 Å². The zero-order valence-electron chi connectivity index (χ0n) is 16.9. The highest BCUT2D eigenvalue weighted by molar-refractivity contribution is 6.05. The summed E-state index contributed by atoms with van der Waals surface area (Å²) < 4.78 is 5.05. The van der Waals surface area contributed by atoms with Crippen molar-refractivity contribution in [1.82, 2.24) is 20.5 Å².